The zero-order chi connectivity index (χ0) is 23.2. The monoisotopic (exact) mass is 459 g/mol. The molecule has 6 heteroatoms. The minimum Gasteiger partial charge on any atom is -0.359 e. The number of likely N-dealkylation sites (tertiary alicyclic amines) is 1. The number of rotatable bonds is 6. The second-order valence-electron chi connectivity index (χ2n) is 10.9. The van der Waals surface area contributed by atoms with Crippen molar-refractivity contribution in [3.8, 4) is 0 Å². The highest BCUT2D eigenvalue weighted by Crippen LogP contribution is 2.72. The SMILES string of the molecule is C=C(Nc1c[nH]c2ccc(CCC)cc12)C1CC12CC2.FC(F)(F)CN1CC2CCCC2C1. The molecule has 3 unspecified atom stereocenters. The molecule has 1 aromatic heterocycles. The minimum absolute atomic E-state index is 0.558. The van der Waals surface area contributed by atoms with E-state index in [0.717, 1.165) is 19.3 Å². The van der Waals surface area contributed by atoms with Gasteiger partial charge in [0.2, 0.25) is 0 Å². The number of hydrogen-bond acceptors (Lipinski definition) is 2. The first kappa shape index (κ1) is 22.8. The maximum atomic E-state index is 12.0. The molecule has 1 spiro atoms. The van der Waals surface area contributed by atoms with Crippen molar-refractivity contribution >= 4 is 16.6 Å². The van der Waals surface area contributed by atoms with Gasteiger partial charge in [-0.1, -0.05) is 32.4 Å². The molecule has 0 amide bonds. The maximum Gasteiger partial charge on any atom is 0.401 e. The topological polar surface area (TPSA) is 31.1 Å². The van der Waals surface area contributed by atoms with Gasteiger partial charge in [-0.2, -0.15) is 13.2 Å². The van der Waals surface area contributed by atoms with Crippen molar-refractivity contribution in [2.75, 3.05) is 25.0 Å². The van der Waals surface area contributed by atoms with Gasteiger partial charge in [-0.15, -0.1) is 0 Å². The molecule has 33 heavy (non-hydrogen) atoms. The molecule has 0 bridgehead atoms. The van der Waals surface area contributed by atoms with Crippen LogP contribution in [0.4, 0.5) is 18.9 Å². The third-order valence-electron chi connectivity index (χ3n) is 8.29. The number of fused-ring (bicyclic) bond motifs is 2. The standard InChI is InChI=1S/C18H22N2.C9H14F3N/c1-3-4-13-5-6-16-14(9-13)17(11-19-16)20-12(2)15-10-18(15)7-8-18;10-9(11,12)6-13-4-7-2-1-3-8(7)5-13/h5-6,9,11,15,19-20H,2-4,7-8,10H2,1H3;7-8H,1-6H2. The van der Waals surface area contributed by atoms with Crippen molar-refractivity contribution in [3.05, 3.63) is 42.2 Å². The number of allylic oxidation sites excluding steroid dienone is 1. The largest absolute Gasteiger partial charge is 0.401 e. The Bertz CT molecular complexity index is 992. The van der Waals surface area contributed by atoms with Crippen LogP contribution in [-0.4, -0.2) is 35.7 Å². The number of nitrogens with zero attached hydrogens (tertiary/aromatic N) is 1. The minimum atomic E-state index is -4.02. The lowest BCUT2D eigenvalue weighted by molar-refractivity contribution is -0.144. The van der Waals surface area contributed by atoms with Crippen LogP contribution in [0.2, 0.25) is 0 Å². The molecule has 2 aromatic rings. The van der Waals surface area contributed by atoms with Crippen LogP contribution in [0.15, 0.2) is 36.7 Å². The summed E-state index contributed by atoms with van der Waals surface area (Å²) in [5.41, 5.74) is 5.69. The average Bonchev–Trinajstić information content (AvgIpc) is 3.50. The van der Waals surface area contributed by atoms with E-state index in [4.69, 9.17) is 0 Å². The lowest BCUT2D eigenvalue weighted by atomic mass is 10.0. The molecule has 4 fully saturated rings. The molecule has 1 aromatic carbocycles. The lowest BCUT2D eigenvalue weighted by Crippen LogP contribution is -2.33. The first-order valence-corrected chi connectivity index (χ1v) is 12.6. The fourth-order valence-corrected chi connectivity index (χ4v) is 6.24. The highest BCUT2D eigenvalue weighted by atomic mass is 19.4. The molecule has 180 valence electrons. The predicted molar refractivity (Wildman–Crippen MR) is 128 cm³/mol. The van der Waals surface area contributed by atoms with Gasteiger partial charge in [-0.05, 0) is 73.5 Å². The van der Waals surface area contributed by atoms with E-state index >= 15 is 0 Å². The summed E-state index contributed by atoms with van der Waals surface area (Å²) in [6.45, 7) is 7.13. The van der Waals surface area contributed by atoms with Crippen LogP contribution in [0.1, 0.15) is 57.4 Å². The quantitative estimate of drug-likeness (QED) is 0.482. The third-order valence-corrected chi connectivity index (χ3v) is 8.29. The highest BCUT2D eigenvalue weighted by Gasteiger charge is 2.63. The second kappa shape index (κ2) is 8.68. The molecule has 2 heterocycles. The number of hydrogen-bond donors (Lipinski definition) is 2. The normalized spacial score (nSPS) is 27.3. The summed E-state index contributed by atoms with van der Waals surface area (Å²) in [7, 11) is 0. The number of aromatic amines is 1. The van der Waals surface area contributed by atoms with E-state index in [1.807, 2.05) is 0 Å². The van der Waals surface area contributed by atoms with Crippen molar-refractivity contribution in [2.45, 2.75) is 64.5 Å². The number of halogens is 3. The number of aromatic nitrogens is 1. The van der Waals surface area contributed by atoms with Crippen LogP contribution in [0.25, 0.3) is 10.9 Å². The van der Waals surface area contributed by atoms with Gasteiger partial charge in [0.15, 0.2) is 0 Å². The van der Waals surface area contributed by atoms with E-state index in [1.165, 1.54) is 60.0 Å². The zero-order valence-corrected chi connectivity index (χ0v) is 19.6. The van der Waals surface area contributed by atoms with Crippen LogP contribution < -0.4 is 5.32 Å². The molecule has 3 atom stereocenters. The molecular formula is C27H36F3N3. The van der Waals surface area contributed by atoms with E-state index in [-0.39, 0.29) is 0 Å². The summed E-state index contributed by atoms with van der Waals surface area (Å²) >= 11 is 0. The Morgan fingerprint density at radius 2 is 1.94 bits per heavy atom. The Hall–Kier alpha value is -1.95. The number of benzene rings is 1. The third kappa shape index (κ3) is 5.11. The Balaban J connectivity index is 0.000000152. The Morgan fingerprint density at radius 3 is 2.55 bits per heavy atom. The van der Waals surface area contributed by atoms with Gasteiger partial charge in [0.25, 0.3) is 0 Å². The summed E-state index contributed by atoms with van der Waals surface area (Å²) < 4.78 is 36.1. The van der Waals surface area contributed by atoms with E-state index in [9.17, 15) is 13.2 Å². The van der Waals surface area contributed by atoms with Gasteiger partial charge >= 0.3 is 6.18 Å². The Morgan fingerprint density at radius 1 is 1.21 bits per heavy atom. The van der Waals surface area contributed by atoms with Crippen LogP contribution in [-0.2, 0) is 6.42 Å². The molecule has 2 N–H and O–H groups in total. The number of aryl methyl sites for hydroxylation is 1. The van der Waals surface area contributed by atoms with Crippen LogP contribution >= 0.6 is 0 Å². The fraction of sp³-hybridized carbons (Fsp3) is 0.630. The van der Waals surface area contributed by atoms with Crippen molar-refractivity contribution in [1.29, 1.82) is 0 Å². The molecule has 1 saturated heterocycles. The summed E-state index contributed by atoms with van der Waals surface area (Å²) in [6, 6.07) is 6.72. The molecule has 1 aliphatic heterocycles. The highest BCUT2D eigenvalue weighted by molar-refractivity contribution is 5.93. The van der Waals surface area contributed by atoms with Crippen molar-refractivity contribution in [3.63, 3.8) is 0 Å². The van der Waals surface area contributed by atoms with Gasteiger partial charge < -0.3 is 10.3 Å². The molecular weight excluding hydrogens is 423 g/mol. The van der Waals surface area contributed by atoms with Crippen LogP contribution in [0.3, 0.4) is 0 Å². The second-order valence-corrected chi connectivity index (χ2v) is 10.9. The zero-order valence-electron chi connectivity index (χ0n) is 19.6. The van der Waals surface area contributed by atoms with Crippen molar-refractivity contribution < 1.29 is 13.2 Å². The first-order valence-electron chi connectivity index (χ1n) is 12.6. The van der Waals surface area contributed by atoms with Crippen molar-refractivity contribution in [2.24, 2.45) is 23.2 Å². The summed E-state index contributed by atoms with van der Waals surface area (Å²) in [6.07, 6.45) is 8.06. The average molecular weight is 460 g/mol. The van der Waals surface area contributed by atoms with Crippen molar-refractivity contribution in [1.82, 2.24) is 9.88 Å². The van der Waals surface area contributed by atoms with Gasteiger partial charge in [0.1, 0.15) is 0 Å². The summed E-state index contributed by atoms with van der Waals surface area (Å²) in [5.74, 6) is 1.83. The van der Waals surface area contributed by atoms with Gasteiger partial charge in [-0.25, -0.2) is 0 Å². The predicted octanol–water partition coefficient (Wildman–Crippen LogP) is 7.13. The number of alkyl halides is 3. The molecule has 3 saturated carbocycles. The van der Waals surface area contributed by atoms with E-state index < -0.39 is 12.7 Å². The summed E-state index contributed by atoms with van der Waals surface area (Å²) in [4.78, 5) is 4.92. The van der Waals surface area contributed by atoms with Crippen LogP contribution in [0, 0.1) is 23.2 Å². The molecule has 3 nitrogen and oxygen atoms in total. The van der Waals surface area contributed by atoms with Crippen LogP contribution in [0.5, 0.6) is 0 Å². The maximum absolute atomic E-state index is 12.0. The summed E-state index contributed by atoms with van der Waals surface area (Å²) in [5, 5.41) is 4.86. The Labute approximate surface area is 194 Å². The van der Waals surface area contributed by atoms with Gasteiger partial charge in [0.05, 0.1) is 12.2 Å². The number of H-pyrrole nitrogens is 1. The Kier molecular flexibility index (Phi) is 6.00. The smallest absolute Gasteiger partial charge is 0.359 e. The van der Waals surface area contributed by atoms with Gasteiger partial charge in [-0.3, -0.25) is 4.90 Å². The molecule has 6 rings (SSSR count). The number of anilines is 1. The first-order chi connectivity index (χ1) is 15.8. The van der Waals surface area contributed by atoms with E-state index in [0.29, 0.717) is 36.3 Å². The molecule has 3 aliphatic carbocycles. The molecule has 0 radical (unpaired) electrons. The molecule has 4 aliphatic rings. The van der Waals surface area contributed by atoms with E-state index in [1.54, 1.807) is 4.90 Å². The van der Waals surface area contributed by atoms with Gasteiger partial charge in [0, 0.05) is 41.8 Å². The lowest BCUT2D eigenvalue weighted by Gasteiger charge is -2.18. The number of nitrogens with one attached hydrogen (secondary N) is 2. The fourth-order valence-electron chi connectivity index (χ4n) is 6.24. The van der Waals surface area contributed by atoms with E-state index in [2.05, 4.69) is 48.2 Å².